The second-order valence-corrected chi connectivity index (χ2v) is 9.79. The van der Waals surface area contributed by atoms with Crippen LogP contribution in [0.1, 0.15) is 48.7 Å². The second-order valence-electron chi connectivity index (χ2n) is 7.86. The molecule has 10 heteroatoms. The van der Waals surface area contributed by atoms with Crippen LogP contribution in [0.4, 0.5) is 8.78 Å². The summed E-state index contributed by atoms with van der Waals surface area (Å²) in [6.07, 6.45) is 5.11. The molecule has 0 aliphatic heterocycles. The Morgan fingerprint density at radius 3 is 2.56 bits per heavy atom. The van der Waals surface area contributed by atoms with E-state index >= 15 is 0 Å². The van der Waals surface area contributed by atoms with Crippen LogP contribution < -0.4 is 10.1 Å². The molecule has 0 radical (unpaired) electrons. The zero-order valence-electron chi connectivity index (χ0n) is 22.0. The SMILES string of the molecule is [2H]c1c([2H])c([2H])c(Oc2nc(C(F)(F)C3CC3)ncc2C(=O)NC(C=CS(C)(=O)=O)C2CC2)c([2H])c1[2H]. The van der Waals surface area contributed by atoms with Crippen LogP contribution >= 0.6 is 0 Å². The van der Waals surface area contributed by atoms with E-state index in [1.165, 1.54) is 6.08 Å². The minimum atomic E-state index is -3.48. The molecule has 7 nitrogen and oxygen atoms in total. The van der Waals surface area contributed by atoms with Crippen LogP contribution in [0.3, 0.4) is 0 Å². The maximum Gasteiger partial charge on any atom is 0.309 e. The quantitative estimate of drug-likeness (QED) is 0.601. The Bertz CT molecular complexity index is 1370. The van der Waals surface area contributed by atoms with Crippen LogP contribution in [0.25, 0.3) is 0 Å². The summed E-state index contributed by atoms with van der Waals surface area (Å²) in [7, 11) is -3.48. The smallest absolute Gasteiger partial charge is 0.309 e. The van der Waals surface area contributed by atoms with Crippen LogP contribution in [0, 0.1) is 11.8 Å². The van der Waals surface area contributed by atoms with Crippen LogP contribution in [-0.4, -0.2) is 36.6 Å². The fourth-order valence-electron chi connectivity index (χ4n) is 3.01. The molecule has 2 aliphatic rings. The molecule has 1 amide bonds. The Balaban J connectivity index is 1.75. The van der Waals surface area contributed by atoms with Crippen LogP contribution in [0.5, 0.6) is 11.6 Å². The number of benzene rings is 1. The topological polar surface area (TPSA) is 98.2 Å². The minimum Gasteiger partial charge on any atom is -0.438 e. The molecule has 1 heterocycles. The van der Waals surface area contributed by atoms with Gasteiger partial charge in [0.05, 0.1) is 12.9 Å². The molecule has 170 valence electrons. The van der Waals surface area contributed by atoms with E-state index in [1.54, 1.807) is 0 Å². The molecular weight excluding hydrogens is 440 g/mol. The Kier molecular flexibility index (Phi) is 4.48. The Morgan fingerprint density at radius 1 is 1.28 bits per heavy atom. The first-order valence-corrected chi connectivity index (χ1v) is 11.9. The van der Waals surface area contributed by atoms with Gasteiger partial charge in [0.25, 0.3) is 5.91 Å². The van der Waals surface area contributed by atoms with Gasteiger partial charge < -0.3 is 10.1 Å². The number of hydrogen-bond donors (Lipinski definition) is 1. The molecule has 4 rings (SSSR count). The van der Waals surface area contributed by atoms with Crippen molar-refractivity contribution in [3.05, 3.63) is 59.3 Å². The summed E-state index contributed by atoms with van der Waals surface area (Å²) >= 11 is 0. The highest BCUT2D eigenvalue weighted by Crippen LogP contribution is 2.48. The largest absolute Gasteiger partial charge is 0.438 e. The van der Waals surface area contributed by atoms with Gasteiger partial charge in [0.2, 0.25) is 11.7 Å². The molecule has 1 aromatic heterocycles. The predicted octanol–water partition coefficient (Wildman–Crippen LogP) is 3.84. The van der Waals surface area contributed by atoms with Crippen molar-refractivity contribution in [1.29, 1.82) is 0 Å². The van der Waals surface area contributed by atoms with Crippen molar-refractivity contribution in [1.82, 2.24) is 15.3 Å². The van der Waals surface area contributed by atoms with E-state index in [0.717, 1.165) is 30.7 Å². The van der Waals surface area contributed by atoms with E-state index in [1.807, 2.05) is 0 Å². The number of sulfone groups is 1. The van der Waals surface area contributed by atoms with Crippen LogP contribution in [0.2, 0.25) is 0 Å². The lowest BCUT2D eigenvalue weighted by Gasteiger charge is -2.18. The lowest BCUT2D eigenvalue weighted by atomic mass is 10.1. The Labute approximate surface area is 191 Å². The molecule has 2 fully saturated rings. The normalized spacial score (nSPS) is 20.0. The molecule has 2 saturated carbocycles. The molecule has 1 aromatic carbocycles. The maximum absolute atomic E-state index is 14.8. The van der Waals surface area contributed by atoms with Gasteiger partial charge >= 0.3 is 5.92 Å². The van der Waals surface area contributed by atoms with Crippen molar-refractivity contribution in [3.63, 3.8) is 0 Å². The first-order chi connectivity index (χ1) is 17.2. The molecule has 32 heavy (non-hydrogen) atoms. The third kappa shape index (κ3) is 5.48. The Morgan fingerprint density at radius 2 is 1.97 bits per heavy atom. The minimum absolute atomic E-state index is 0.0354. The van der Waals surface area contributed by atoms with Gasteiger partial charge in [-0.2, -0.15) is 13.8 Å². The fraction of sp³-hybridized carbons (Fsp3) is 0.409. The number of nitrogens with zero attached hydrogens (tertiary/aromatic N) is 2. The molecule has 1 unspecified atom stereocenters. The van der Waals surface area contributed by atoms with Gasteiger partial charge in [-0.05, 0) is 43.7 Å². The standard InChI is InChI=1S/C22H23F2N3O4S/c1-32(29,30)12-11-18(14-7-8-14)26-19(28)17-13-25-21(22(23,24)15-9-10-15)27-20(17)31-16-5-3-2-4-6-16/h2-6,11-15,18H,7-10H2,1H3,(H,26,28)/i2D,3D,4D,5D,6D. The number of ether oxygens (including phenoxy) is 1. The average Bonchev–Trinajstić information content (AvgIpc) is 3.73. The number of carbonyl (C=O) groups is 1. The number of alkyl halides is 2. The van der Waals surface area contributed by atoms with E-state index in [9.17, 15) is 22.0 Å². The molecule has 1 N–H and O–H groups in total. The Hall–Kier alpha value is -2.88. The van der Waals surface area contributed by atoms with Crippen LogP contribution in [-0.2, 0) is 15.8 Å². The van der Waals surface area contributed by atoms with Gasteiger partial charge in [-0.1, -0.05) is 24.2 Å². The summed E-state index contributed by atoms with van der Waals surface area (Å²) in [6, 6.07) is -4.33. The summed E-state index contributed by atoms with van der Waals surface area (Å²) in [5.74, 6) is -7.67. The summed E-state index contributed by atoms with van der Waals surface area (Å²) in [5, 5.41) is 3.57. The van der Waals surface area contributed by atoms with E-state index in [2.05, 4.69) is 15.3 Å². The molecule has 1 atom stereocenters. The summed E-state index contributed by atoms with van der Waals surface area (Å²) < 4.78 is 97.5. The molecule has 0 spiro atoms. The van der Waals surface area contributed by atoms with Crippen molar-refractivity contribution in [2.24, 2.45) is 11.8 Å². The van der Waals surface area contributed by atoms with Gasteiger partial charge in [-0.25, -0.2) is 13.4 Å². The van der Waals surface area contributed by atoms with Gasteiger partial charge in [-0.3, -0.25) is 4.79 Å². The highest BCUT2D eigenvalue weighted by molar-refractivity contribution is 7.93. The average molecular weight is 469 g/mol. The molecule has 0 saturated heterocycles. The van der Waals surface area contributed by atoms with E-state index < -0.39 is 86.9 Å². The first kappa shape index (κ1) is 16.7. The zero-order chi connectivity index (χ0) is 27.3. The highest BCUT2D eigenvalue weighted by Gasteiger charge is 2.50. The second kappa shape index (κ2) is 8.57. The lowest BCUT2D eigenvalue weighted by molar-refractivity contribution is -0.0379. The first-order valence-electron chi connectivity index (χ1n) is 12.4. The summed E-state index contributed by atoms with van der Waals surface area (Å²) in [4.78, 5) is 20.6. The summed E-state index contributed by atoms with van der Waals surface area (Å²) in [5.41, 5.74) is -0.430. The maximum atomic E-state index is 14.8. The van der Waals surface area contributed by atoms with Crippen LogP contribution in [0.15, 0.2) is 47.9 Å². The molecule has 0 bridgehead atoms. The van der Waals surface area contributed by atoms with Gasteiger partial charge in [0.15, 0.2) is 9.84 Å². The number of aromatic nitrogens is 2. The molecule has 2 aromatic rings. The van der Waals surface area contributed by atoms with E-state index in [0.29, 0.717) is 0 Å². The number of halogens is 2. The van der Waals surface area contributed by atoms with Crippen molar-refractivity contribution >= 4 is 15.7 Å². The third-order valence-corrected chi connectivity index (χ3v) is 5.67. The number of carbonyl (C=O) groups excluding carboxylic acids is 1. The number of amides is 1. The van der Waals surface area contributed by atoms with Gasteiger partial charge in [-0.15, -0.1) is 0 Å². The van der Waals surface area contributed by atoms with Gasteiger partial charge in [0.1, 0.15) is 11.3 Å². The van der Waals surface area contributed by atoms with Crippen molar-refractivity contribution < 1.29 is 33.6 Å². The third-order valence-electron chi connectivity index (χ3n) is 5.02. The van der Waals surface area contributed by atoms with E-state index in [4.69, 9.17) is 11.6 Å². The predicted molar refractivity (Wildman–Crippen MR) is 113 cm³/mol. The lowest BCUT2D eigenvalue weighted by Crippen LogP contribution is -2.35. The molecular formula is C22H23F2N3O4S. The highest BCUT2D eigenvalue weighted by atomic mass is 32.2. The summed E-state index contributed by atoms with van der Waals surface area (Å²) in [6.45, 7) is 0. The van der Waals surface area contributed by atoms with Crippen molar-refractivity contribution in [2.45, 2.75) is 37.6 Å². The number of nitrogens with one attached hydrogen (secondary N) is 1. The van der Waals surface area contributed by atoms with Crippen molar-refractivity contribution in [2.75, 3.05) is 6.26 Å². The number of rotatable bonds is 9. The number of para-hydroxylation sites is 1. The van der Waals surface area contributed by atoms with E-state index in [-0.39, 0.29) is 18.8 Å². The number of hydrogen-bond acceptors (Lipinski definition) is 6. The fourth-order valence-corrected chi connectivity index (χ4v) is 3.46. The van der Waals surface area contributed by atoms with Crippen molar-refractivity contribution in [3.8, 4) is 11.6 Å². The molecule has 2 aliphatic carbocycles. The zero-order valence-corrected chi connectivity index (χ0v) is 17.8. The van der Waals surface area contributed by atoms with Gasteiger partial charge in [0, 0.05) is 23.8 Å². The monoisotopic (exact) mass is 468 g/mol.